The van der Waals surface area contributed by atoms with Crippen LogP contribution in [-0.4, -0.2) is 48.1 Å². The lowest BCUT2D eigenvalue weighted by Crippen LogP contribution is -2.53. The summed E-state index contributed by atoms with van der Waals surface area (Å²) in [5.41, 5.74) is 0.372. The van der Waals surface area contributed by atoms with Crippen LogP contribution in [0.1, 0.15) is 50.1 Å². The summed E-state index contributed by atoms with van der Waals surface area (Å²) in [6.07, 6.45) is 4.64. The van der Waals surface area contributed by atoms with Crippen LogP contribution in [0.5, 0.6) is 0 Å². The Morgan fingerprint density at radius 2 is 2.00 bits per heavy atom. The van der Waals surface area contributed by atoms with Crippen molar-refractivity contribution < 1.29 is 9.21 Å². The summed E-state index contributed by atoms with van der Waals surface area (Å²) in [5, 5.41) is 12.4. The molecule has 1 saturated heterocycles. The average Bonchev–Trinajstić information content (AvgIpc) is 3.51. The molecule has 24 heavy (non-hydrogen) atoms. The predicted molar refractivity (Wildman–Crippen MR) is 87.7 cm³/mol. The van der Waals surface area contributed by atoms with Crippen molar-refractivity contribution in [3.63, 3.8) is 0 Å². The van der Waals surface area contributed by atoms with Gasteiger partial charge in [-0.2, -0.15) is 5.26 Å². The molecule has 0 aromatic carbocycles. The van der Waals surface area contributed by atoms with E-state index in [0.29, 0.717) is 55.5 Å². The fraction of sp³-hybridized carbons (Fsp3) is 0.706. The highest BCUT2D eigenvalue weighted by molar-refractivity contribution is 5.75. The van der Waals surface area contributed by atoms with Crippen LogP contribution in [0.25, 0.3) is 0 Å². The van der Waals surface area contributed by atoms with E-state index >= 15 is 0 Å². The molecule has 1 N–H and O–H groups in total. The summed E-state index contributed by atoms with van der Waals surface area (Å²) in [7, 11) is 0. The van der Waals surface area contributed by atoms with Crippen molar-refractivity contribution in [3.8, 4) is 6.07 Å². The lowest BCUT2D eigenvalue weighted by atomic mass is 10.2. The number of rotatable bonds is 4. The first kappa shape index (κ1) is 15.3. The highest BCUT2D eigenvalue weighted by Gasteiger charge is 2.34. The van der Waals surface area contributed by atoms with Gasteiger partial charge in [0.15, 0.2) is 0 Å². The van der Waals surface area contributed by atoms with Crippen molar-refractivity contribution in [1.29, 1.82) is 5.26 Å². The molecule has 2 aliphatic carbocycles. The molecule has 0 spiro atoms. The van der Waals surface area contributed by atoms with Gasteiger partial charge in [0.05, 0.1) is 0 Å². The molecule has 1 aromatic heterocycles. The fourth-order valence-corrected chi connectivity index (χ4v) is 3.23. The molecule has 2 amide bonds. The van der Waals surface area contributed by atoms with Crippen LogP contribution in [0.15, 0.2) is 4.42 Å². The topological polar surface area (TPSA) is 85.4 Å². The van der Waals surface area contributed by atoms with Gasteiger partial charge in [-0.15, -0.1) is 0 Å². The Morgan fingerprint density at radius 3 is 2.58 bits per heavy atom. The van der Waals surface area contributed by atoms with E-state index in [4.69, 9.17) is 4.42 Å². The molecule has 1 aliphatic heterocycles. The third kappa shape index (κ3) is 3.05. The quantitative estimate of drug-likeness (QED) is 0.914. The number of oxazole rings is 1. The molecule has 1 atom stereocenters. The van der Waals surface area contributed by atoms with E-state index in [1.165, 1.54) is 12.8 Å². The standard InChI is InChI=1S/C17H23N5O2/c1-11(12-2-3-12)19-17(23)22-8-6-21(7-9-22)16-14(10-18)20-15(24-16)13-4-5-13/h11-13H,2-9H2,1H3,(H,19,23)/t11-/m1/s1. The number of aromatic nitrogens is 1. The van der Waals surface area contributed by atoms with Crippen molar-refractivity contribution in [2.75, 3.05) is 31.1 Å². The van der Waals surface area contributed by atoms with Crippen LogP contribution in [0.2, 0.25) is 0 Å². The molecule has 0 bridgehead atoms. The third-order valence-corrected chi connectivity index (χ3v) is 5.19. The number of nitriles is 1. The largest absolute Gasteiger partial charge is 0.423 e. The van der Waals surface area contributed by atoms with Crippen LogP contribution in [0.3, 0.4) is 0 Å². The van der Waals surface area contributed by atoms with Gasteiger partial charge in [0.1, 0.15) is 6.07 Å². The van der Waals surface area contributed by atoms with E-state index in [0.717, 1.165) is 12.8 Å². The first-order valence-electron chi connectivity index (χ1n) is 8.87. The molecular formula is C17H23N5O2. The Morgan fingerprint density at radius 1 is 1.29 bits per heavy atom. The van der Waals surface area contributed by atoms with Gasteiger partial charge in [-0.3, -0.25) is 0 Å². The molecule has 0 unspecified atom stereocenters. The van der Waals surface area contributed by atoms with E-state index in [1.807, 2.05) is 9.80 Å². The van der Waals surface area contributed by atoms with Crippen LogP contribution >= 0.6 is 0 Å². The smallest absolute Gasteiger partial charge is 0.317 e. The van der Waals surface area contributed by atoms with E-state index < -0.39 is 0 Å². The van der Waals surface area contributed by atoms with Crippen LogP contribution < -0.4 is 10.2 Å². The number of carbonyl (C=O) groups is 1. The molecule has 7 heteroatoms. The minimum absolute atomic E-state index is 0.0193. The number of anilines is 1. The van der Waals surface area contributed by atoms with E-state index in [2.05, 4.69) is 23.3 Å². The van der Waals surface area contributed by atoms with Gasteiger partial charge < -0.3 is 19.5 Å². The second-order valence-corrected chi connectivity index (χ2v) is 7.14. The van der Waals surface area contributed by atoms with Gasteiger partial charge in [0.25, 0.3) is 0 Å². The number of nitrogens with zero attached hydrogens (tertiary/aromatic N) is 4. The Hall–Kier alpha value is -2.23. The molecule has 3 fully saturated rings. The highest BCUT2D eigenvalue weighted by atomic mass is 16.4. The Balaban J connectivity index is 1.35. The summed E-state index contributed by atoms with van der Waals surface area (Å²) in [6.45, 7) is 4.68. The highest BCUT2D eigenvalue weighted by Crippen LogP contribution is 2.41. The van der Waals surface area contributed by atoms with Gasteiger partial charge in [-0.05, 0) is 38.5 Å². The van der Waals surface area contributed by atoms with Gasteiger partial charge in [0, 0.05) is 38.1 Å². The fourth-order valence-electron chi connectivity index (χ4n) is 3.23. The van der Waals surface area contributed by atoms with Crippen molar-refractivity contribution in [1.82, 2.24) is 15.2 Å². The lowest BCUT2D eigenvalue weighted by Gasteiger charge is -2.35. The normalized spacial score (nSPS) is 22.2. The number of hydrogen-bond donors (Lipinski definition) is 1. The number of amides is 2. The Labute approximate surface area is 141 Å². The molecular weight excluding hydrogens is 306 g/mol. The number of piperazine rings is 1. The molecule has 0 radical (unpaired) electrons. The monoisotopic (exact) mass is 329 g/mol. The number of carbonyl (C=O) groups excluding carboxylic acids is 1. The summed E-state index contributed by atoms with van der Waals surface area (Å²) in [6, 6.07) is 2.42. The second-order valence-electron chi connectivity index (χ2n) is 7.14. The summed E-state index contributed by atoms with van der Waals surface area (Å²) in [4.78, 5) is 20.5. The minimum Gasteiger partial charge on any atom is -0.423 e. The summed E-state index contributed by atoms with van der Waals surface area (Å²) < 4.78 is 5.84. The van der Waals surface area contributed by atoms with E-state index in [9.17, 15) is 10.1 Å². The number of hydrogen-bond acceptors (Lipinski definition) is 5. The zero-order valence-electron chi connectivity index (χ0n) is 14.0. The molecule has 2 saturated carbocycles. The first-order valence-corrected chi connectivity index (χ1v) is 8.87. The van der Waals surface area contributed by atoms with Crippen molar-refractivity contribution in [2.24, 2.45) is 5.92 Å². The predicted octanol–water partition coefficient (Wildman–Crippen LogP) is 2.05. The minimum atomic E-state index is 0.0193. The van der Waals surface area contributed by atoms with Crippen molar-refractivity contribution in [3.05, 3.63) is 11.6 Å². The van der Waals surface area contributed by atoms with Crippen LogP contribution in [0, 0.1) is 17.2 Å². The number of urea groups is 1. The van der Waals surface area contributed by atoms with Crippen molar-refractivity contribution in [2.45, 2.75) is 44.6 Å². The molecule has 128 valence electrons. The maximum atomic E-state index is 12.3. The maximum Gasteiger partial charge on any atom is 0.317 e. The molecule has 2 heterocycles. The zero-order valence-corrected chi connectivity index (χ0v) is 14.0. The van der Waals surface area contributed by atoms with Gasteiger partial charge >= 0.3 is 6.03 Å². The third-order valence-electron chi connectivity index (χ3n) is 5.19. The molecule has 4 rings (SSSR count). The van der Waals surface area contributed by atoms with Gasteiger partial charge in [-0.25, -0.2) is 9.78 Å². The SMILES string of the molecule is C[C@@H](NC(=O)N1CCN(c2oc(C3CC3)nc2C#N)CC1)C1CC1. The van der Waals surface area contributed by atoms with Gasteiger partial charge in [0.2, 0.25) is 17.5 Å². The Kier molecular flexibility index (Phi) is 3.83. The molecule has 7 nitrogen and oxygen atoms in total. The lowest BCUT2D eigenvalue weighted by molar-refractivity contribution is 0.189. The molecule has 1 aromatic rings. The first-order chi connectivity index (χ1) is 11.7. The van der Waals surface area contributed by atoms with Crippen molar-refractivity contribution >= 4 is 11.9 Å². The van der Waals surface area contributed by atoms with Gasteiger partial charge in [-0.1, -0.05) is 0 Å². The maximum absolute atomic E-state index is 12.3. The van der Waals surface area contributed by atoms with Crippen LogP contribution in [0.4, 0.5) is 10.7 Å². The van der Waals surface area contributed by atoms with E-state index in [-0.39, 0.29) is 12.1 Å². The number of nitrogens with one attached hydrogen (secondary N) is 1. The second kappa shape index (κ2) is 6.00. The Bertz CT molecular complexity index is 663. The average molecular weight is 329 g/mol. The van der Waals surface area contributed by atoms with E-state index in [1.54, 1.807) is 0 Å². The molecule has 3 aliphatic rings. The summed E-state index contributed by atoms with van der Waals surface area (Å²) >= 11 is 0. The van der Waals surface area contributed by atoms with Crippen LogP contribution in [-0.2, 0) is 0 Å². The zero-order chi connectivity index (χ0) is 16.7. The summed E-state index contributed by atoms with van der Waals surface area (Å²) in [5.74, 6) is 2.32.